The van der Waals surface area contributed by atoms with Crippen molar-refractivity contribution < 1.29 is 22.0 Å². The minimum absolute atomic E-state index is 0.0106. The fourth-order valence-electron chi connectivity index (χ4n) is 2.12. The van der Waals surface area contributed by atoms with Crippen molar-refractivity contribution in [3.8, 4) is 0 Å². The van der Waals surface area contributed by atoms with Crippen molar-refractivity contribution in [2.45, 2.75) is 12.8 Å². The van der Waals surface area contributed by atoms with Gasteiger partial charge in [-0.2, -0.15) is 5.10 Å². The molecule has 1 atom stereocenters. The summed E-state index contributed by atoms with van der Waals surface area (Å²) in [6.07, 6.45) is 1.59. The Morgan fingerprint density at radius 3 is 2.81 bits per heavy atom. The molecule has 1 fully saturated rings. The minimum atomic E-state index is -3.02. The van der Waals surface area contributed by atoms with Gasteiger partial charge in [-0.05, 0) is 24.5 Å². The number of nitrogens with one attached hydrogen (secondary N) is 1. The van der Waals surface area contributed by atoms with E-state index in [2.05, 4.69) is 10.5 Å². The fraction of sp³-hybridized carbons (Fsp3) is 0.385. The SMILES string of the molecule is O=C(C[C@H]1CCS(=O)(=O)C1)N/N=C\c1ccc(F)cc1F. The van der Waals surface area contributed by atoms with Crippen LogP contribution in [0.3, 0.4) is 0 Å². The number of sulfone groups is 1. The number of hydrazone groups is 1. The molecule has 1 aromatic rings. The monoisotopic (exact) mass is 316 g/mol. The first-order chi connectivity index (χ1) is 9.85. The van der Waals surface area contributed by atoms with Gasteiger partial charge in [-0.25, -0.2) is 22.6 Å². The van der Waals surface area contributed by atoms with E-state index in [0.717, 1.165) is 12.3 Å². The molecule has 0 radical (unpaired) electrons. The van der Waals surface area contributed by atoms with Crippen LogP contribution in [0.15, 0.2) is 23.3 Å². The van der Waals surface area contributed by atoms with Crippen LogP contribution in [0.4, 0.5) is 8.78 Å². The Morgan fingerprint density at radius 1 is 1.43 bits per heavy atom. The predicted molar refractivity (Wildman–Crippen MR) is 73.5 cm³/mol. The summed E-state index contributed by atoms with van der Waals surface area (Å²) in [5.74, 6) is -2.00. The van der Waals surface area contributed by atoms with Crippen LogP contribution in [0.5, 0.6) is 0 Å². The molecule has 1 aliphatic heterocycles. The average Bonchev–Trinajstić information content (AvgIpc) is 2.71. The Kier molecular flexibility index (Phi) is 4.66. The third-order valence-corrected chi connectivity index (χ3v) is 4.99. The van der Waals surface area contributed by atoms with E-state index in [1.165, 1.54) is 6.07 Å². The molecule has 21 heavy (non-hydrogen) atoms. The highest BCUT2D eigenvalue weighted by Gasteiger charge is 2.29. The van der Waals surface area contributed by atoms with E-state index in [-0.39, 0.29) is 29.4 Å². The largest absolute Gasteiger partial charge is 0.273 e. The molecule has 1 aliphatic rings. The van der Waals surface area contributed by atoms with Gasteiger partial charge >= 0.3 is 0 Å². The van der Waals surface area contributed by atoms with Gasteiger partial charge in [0.05, 0.1) is 17.7 Å². The number of benzene rings is 1. The molecule has 8 heteroatoms. The Balaban J connectivity index is 1.85. The van der Waals surface area contributed by atoms with E-state index in [9.17, 15) is 22.0 Å². The first kappa shape index (κ1) is 15.6. The first-order valence-corrected chi connectivity index (χ1v) is 8.15. The molecule has 1 saturated heterocycles. The topological polar surface area (TPSA) is 75.6 Å². The molecule has 0 unspecified atom stereocenters. The van der Waals surface area contributed by atoms with Crippen LogP contribution in [0.1, 0.15) is 18.4 Å². The quantitative estimate of drug-likeness (QED) is 0.671. The zero-order valence-electron chi connectivity index (χ0n) is 11.1. The Morgan fingerprint density at radius 2 is 2.19 bits per heavy atom. The van der Waals surface area contributed by atoms with Crippen molar-refractivity contribution in [2.24, 2.45) is 11.0 Å². The number of amides is 1. The number of hydrogen-bond acceptors (Lipinski definition) is 4. The van der Waals surface area contributed by atoms with Crippen LogP contribution in [0, 0.1) is 17.6 Å². The van der Waals surface area contributed by atoms with Gasteiger partial charge < -0.3 is 0 Å². The smallest absolute Gasteiger partial charge is 0.240 e. The maximum atomic E-state index is 13.3. The van der Waals surface area contributed by atoms with Crippen molar-refractivity contribution >= 4 is 22.0 Å². The number of carbonyl (C=O) groups is 1. The van der Waals surface area contributed by atoms with E-state index >= 15 is 0 Å². The Bertz CT molecular complexity index is 674. The maximum Gasteiger partial charge on any atom is 0.240 e. The number of carbonyl (C=O) groups excluding carboxylic acids is 1. The van der Waals surface area contributed by atoms with Crippen LogP contribution >= 0.6 is 0 Å². The standard InChI is InChI=1S/C13H14F2N2O3S/c14-11-2-1-10(12(15)6-11)7-16-17-13(18)5-9-3-4-21(19,20)8-9/h1-2,6-7,9H,3-5,8H2,(H,17,18)/b16-7-/t9-/m1/s1. The number of nitrogens with zero attached hydrogens (tertiary/aromatic N) is 1. The summed E-state index contributed by atoms with van der Waals surface area (Å²) < 4.78 is 48.5. The van der Waals surface area contributed by atoms with Gasteiger partial charge in [0.1, 0.15) is 11.6 Å². The number of rotatable bonds is 4. The lowest BCUT2D eigenvalue weighted by Gasteiger charge is -2.05. The summed E-state index contributed by atoms with van der Waals surface area (Å²) >= 11 is 0. The summed E-state index contributed by atoms with van der Waals surface area (Å²) in [6, 6.07) is 2.99. The van der Waals surface area contributed by atoms with E-state index in [1.54, 1.807) is 0 Å². The van der Waals surface area contributed by atoms with Crippen LogP contribution in [-0.4, -0.2) is 32.0 Å². The highest BCUT2D eigenvalue weighted by atomic mass is 32.2. The van der Waals surface area contributed by atoms with Crippen molar-refractivity contribution in [2.75, 3.05) is 11.5 Å². The fourth-order valence-corrected chi connectivity index (χ4v) is 3.98. The van der Waals surface area contributed by atoms with Crippen LogP contribution in [0.25, 0.3) is 0 Å². The van der Waals surface area contributed by atoms with E-state index in [0.29, 0.717) is 12.5 Å². The molecule has 0 bridgehead atoms. The van der Waals surface area contributed by atoms with E-state index in [4.69, 9.17) is 0 Å². The summed E-state index contributed by atoms with van der Waals surface area (Å²) in [7, 11) is -3.02. The minimum Gasteiger partial charge on any atom is -0.273 e. The lowest BCUT2D eigenvalue weighted by atomic mass is 10.1. The lowest BCUT2D eigenvalue weighted by molar-refractivity contribution is -0.121. The van der Waals surface area contributed by atoms with Crippen molar-refractivity contribution in [3.05, 3.63) is 35.4 Å². The third-order valence-electron chi connectivity index (χ3n) is 3.16. The molecule has 1 heterocycles. The molecule has 0 aliphatic carbocycles. The molecule has 0 spiro atoms. The summed E-state index contributed by atoms with van der Waals surface area (Å²) in [6.45, 7) is 0. The number of hydrogen-bond donors (Lipinski definition) is 1. The zero-order valence-corrected chi connectivity index (χ0v) is 11.9. The zero-order chi connectivity index (χ0) is 15.5. The van der Waals surface area contributed by atoms with E-state index < -0.39 is 27.4 Å². The van der Waals surface area contributed by atoms with E-state index in [1.807, 2.05) is 0 Å². The van der Waals surface area contributed by atoms with Gasteiger partial charge in [0.15, 0.2) is 9.84 Å². The van der Waals surface area contributed by atoms with Gasteiger partial charge in [0.25, 0.3) is 0 Å². The van der Waals surface area contributed by atoms with Crippen molar-refractivity contribution in [3.63, 3.8) is 0 Å². The predicted octanol–water partition coefficient (Wildman–Crippen LogP) is 1.24. The number of halogens is 2. The van der Waals surface area contributed by atoms with Crippen molar-refractivity contribution in [1.82, 2.24) is 5.43 Å². The normalized spacial score (nSPS) is 20.8. The molecule has 1 amide bonds. The second-order valence-corrected chi connectivity index (χ2v) is 7.16. The average molecular weight is 316 g/mol. The highest BCUT2D eigenvalue weighted by molar-refractivity contribution is 7.91. The summed E-state index contributed by atoms with van der Waals surface area (Å²) in [4.78, 5) is 11.6. The second kappa shape index (κ2) is 6.30. The van der Waals surface area contributed by atoms with Crippen LogP contribution < -0.4 is 5.43 Å². The maximum absolute atomic E-state index is 13.3. The molecule has 0 aromatic heterocycles. The first-order valence-electron chi connectivity index (χ1n) is 6.33. The molecular formula is C13H14F2N2O3S. The van der Waals surface area contributed by atoms with Crippen LogP contribution in [-0.2, 0) is 14.6 Å². The second-order valence-electron chi connectivity index (χ2n) is 4.93. The van der Waals surface area contributed by atoms with Gasteiger partial charge in [-0.15, -0.1) is 0 Å². The molecule has 2 rings (SSSR count). The Labute approximate surface area is 121 Å². The van der Waals surface area contributed by atoms with Gasteiger partial charge in [0, 0.05) is 18.1 Å². The molecule has 1 N–H and O–H groups in total. The molecule has 114 valence electrons. The van der Waals surface area contributed by atoms with Crippen molar-refractivity contribution in [1.29, 1.82) is 0 Å². The summed E-state index contributed by atoms with van der Waals surface area (Å²) in [5, 5.41) is 3.57. The molecule has 0 saturated carbocycles. The summed E-state index contributed by atoms with van der Waals surface area (Å²) in [5.41, 5.74) is 2.24. The third kappa shape index (κ3) is 4.59. The highest BCUT2D eigenvalue weighted by Crippen LogP contribution is 2.21. The van der Waals surface area contributed by atoms with Gasteiger partial charge in [0.2, 0.25) is 5.91 Å². The lowest BCUT2D eigenvalue weighted by Crippen LogP contribution is -2.21. The molecular weight excluding hydrogens is 302 g/mol. The Hall–Kier alpha value is -1.83. The van der Waals surface area contributed by atoms with Gasteiger partial charge in [-0.1, -0.05) is 0 Å². The van der Waals surface area contributed by atoms with Crippen LogP contribution in [0.2, 0.25) is 0 Å². The van der Waals surface area contributed by atoms with Gasteiger partial charge in [-0.3, -0.25) is 4.79 Å². The molecule has 5 nitrogen and oxygen atoms in total. The molecule has 1 aromatic carbocycles.